The molecule has 0 spiro atoms. The molecule has 0 aliphatic heterocycles. The molecule has 0 unspecified atom stereocenters. The first-order chi connectivity index (χ1) is 12.5. The molecule has 26 heavy (non-hydrogen) atoms. The van der Waals surface area contributed by atoms with Gasteiger partial charge in [0.15, 0.2) is 0 Å². The first kappa shape index (κ1) is 20.9. The van der Waals surface area contributed by atoms with Crippen LogP contribution in [0.5, 0.6) is 0 Å². The minimum absolute atomic E-state index is 0.113. The quantitative estimate of drug-likeness (QED) is 0.368. The topological polar surface area (TPSA) is 54.4 Å². The van der Waals surface area contributed by atoms with E-state index in [0.29, 0.717) is 11.8 Å². The molecule has 2 aromatic rings. The zero-order valence-electron chi connectivity index (χ0n) is 16.1. The molecule has 0 fully saturated rings. The first-order valence-corrected chi connectivity index (χ1v) is 11.4. The molecule has 0 aromatic heterocycles. The lowest BCUT2D eigenvalue weighted by Gasteiger charge is -2.15. The molecule has 0 saturated carbocycles. The molecule has 2 rings (SSSR count). The summed E-state index contributed by atoms with van der Waals surface area (Å²) in [5.41, 5.74) is 1.97. The van der Waals surface area contributed by atoms with Crippen molar-refractivity contribution in [2.24, 2.45) is 0 Å². The molecule has 2 aromatic carbocycles. The van der Waals surface area contributed by atoms with Crippen molar-refractivity contribution in [1.82, 2.24) is 0 Å². The van der Waals surface area contributed by atoms with Crippen LogP contribution in [0.2, 0.25) is 0 Å². The highest BCUT2D eigenvalue weighted by Crippen LogP contribution is 2.32. The number of fused-ring (bicyclic) bond motifs is 1. The molecule has 3 nitrogen and oxygen atoms in total. The third-order valence-electron chi connectivity index (χ3n) is 5.02. The summed E-state index contributed by atoms with van der Waals surface area (Å²) in [6.07, 6.45) is 10.7. The van der Waals surface area contributed by atoms with E-state index in [0.717, 1.165) is 49.5 Å². The highest BCUT2D eigenvalue weighted by molar-refractivity contribution is 7.86. The van der Waals surface area contributed by atoms with E-state index in [4.69, 9.17) is 0 Å². The zero-order valence-corrected chi connectivity index (χ0v) is 16.9. The summed E-state index contributed by atoms with van der Waals surface area (Å²) in [6, 6.07) is 9.61. The van der Waals surface area contributed by atoms with Crippen molar-refractivity contribution in [2.75, 3.05) is 0 Å². The molecule has 0 amide bonds. The van der Waals surface area contributed by atoms with E-state index >= 15 is 0 Å². The van der Waals surface area contributed by atoms with Crippen molar-refractivity contribution in [1.29, 1.82) is 0 Å². The summed E-state index contributed by atoms with van der Waals surface area (Å²) in [7, 11) is -4.25. The van der Waals surface area contributed by atoms with Gasteiger partial charge < -0.3 is 0 Å². The SMILES string of the molecule is CCCCCCc1cc(CCCCCC)c2ccccc2c1S(=O)(=O)O. The molecular weight excluding hydrogens is 344 g/mol. The number of unbranched alkanes of at least 4 members (excludes halogenated alkanes) is 6. The Morgan fingerprint density at radius 1 is 0.769 bits per heavy atom. The standard InChI is InChI=1S/C22H32O3S/c1-3-5-7-9-13-18-17-19(14-10-8-6-4-2)22(26(23,24)25)21-16-12-11-15-20(18)21/h11-12,15-17H,3-10,13-14H2,1-2H3,(H,23,24,25). The van der Waals surface area contributed by atoms with Gasteiger partial charge in [0.1, 0.15) is 4.90 Å². The van der Waals surface area contributed by atoms with Crippen molar-refractivity contribution in [3.05, 3.63) is 41.5 Å². The number of rotatable bonds is 11. The minimum Gasteiger partial charge on any atom is -0.282 e. The molecule has 0 bridgehead atoms. The van der Waals surface area contributed by atoms with E-state index in [1.54, 1.807) is 0 Å². The van der Waals surface area contributed by atoms with Gasteiger partial charge in [-0.3, -0.25) is 4.55 Å². The van der Waals surface area contributed by atoms with Gasteiger partial charge >= 0.3 is 0 Å². The Labute approximate surface area is 158 Å². The fourth-order valence-corrected chi connectivity index (χ4v) is 4.62. The van der Waals surface area contributed by atoms with Crippen molar-refractivity contribution in [3.63, 3.8) is 0 Å². The third-order valence-corrected chi connectivity index (χ3v) is 6.01. The van der Waals surface area contributed by atoms with Crippen LogP contribution in [0.3, 0.4) is 0 Å². The fraction of sp³-hybridized carbons (Fsp3) is 0.545. The maximum Gasteiger partial charge on any atom is 0.295 e. The molecule has 1 N–H and O–H groups in total. The molecule has 4 heteroatoms. The Kier molecular flexibility index (Phi) is 8.11. The monoisotopic (exact) mass is 376 g/mol. The summed E-state index contributed by atoms with van der Waals surface area (Å²) in [5.74, 6) is 0. The van der Waals surface area contributed by atoms with Crippen LogP contribution in [-0.4, -0.2) is 13.0 Å². The summed E-state index contributed by atoms with van der Waals surface area (Å²) in [4.78, 5) is 0.113. The Bertz CT molecular complexity index is 809. The van der Waals surface area contributed by atoms with Gasteiger partial charge in [-0.2, -0.15) is 8.42 Å². The van der Waals surface area contributed by atoms with Gasteiger partial charge in [0.25, 0.3) is 10.1 Å². The van der Waals surface area contributed by atoms with E-state index in [9.17, 15) is 13.0 Å². The number of benzene rings is 2. The van der Waals surface area contributed by atoms with Gasteiger partial charge in [0.2, 0.25) is 0 Å². The summed E-state index contributed by atoms with van der Waals surface area (Å²) < 4.78 is 34.1. The molecule has 0 saturated heterocycles. The van der Waals surface area contributed by atoms with Crippen LogP contribution in [0.25, 0.3) is 10.8 Å². The van der Waals surface area contributed by atoms with Crippen LogP contribution in [0.15, 0.2) is 35.2 Å². The van der Waals surface area contributed by atoms with Crippen molar-refractivity contribution >= 4 is 20.9 Å². The van der Waals surface area contributed by atoms with Crippen LogP contribution in [-0.2, 0) is 23.0 Å². The van der Waals surface area contributed by atoms with Crippen LogP contribution in [0.1, 0.15) is 76.3 Å². The number of aryl methyl sites for hydroxylation is 2. The van der Waals surface area contributed by atoms with E-state index in [2.05, 4.69) is 13.8 Å². The minimum atomic E-state index is -4.25. The van der Waals surface area contributed by atoms with E-state index < -0.39 is 10.1 Å². The molecule has 0 radical (unpaired) electrons. The van der Waals surface area contributed by atoms with Gasteiger partial charge in [-0.25, -0.2) is 0 Å². The van der Waals surface area contributed by atoms with Gasteiger partial charge in [-0.1, -0.05) is 82.7 Å². The van der Waals surface area contributed by atoms with Crippen LogP contribution in [0.4, 0.5) is 0 Å². The summed E-state index contributed by atoms with van der Waals surface area (Å²) in [5, 5.41) is 1.61. The Morgan fingerprint density at radius 3 is 1.85 bits per heavy atom. The van der Waals surface area contributed by atoms with Gasteiger partial charge in [0.05, 0.1) is 0 Å². The highest BCUT2D eigenvalue weighted by atomic mass is 32.2. The van der Waals surface area contributed by atoms with E-state index in [1.807, 2.05) is 30.3 Å². The molecule has 0 heterocycles. The second kappa shape index (κ2) is 10.1. The number of hydrogen-bond donors (Lipinski definition) is 1. The predicted octanol–water partition coefficient (Wildman–Crippen LogP) is 6.33. The Hall–Kier alpha value is -1.39. The first-order valence-electron chi connectivity index (χ1n) is 10.00. The second-order valence-electron chi connectivity index (χ2n) is 7.17. The van der Waals surface area contributed by atoms with E-state index in [-0.39, 0.29) is 4.90 Å². The second-order valence-corrected chi connectivity index (χ2v) is 8.52. The average Bonchev–Trinajstić information content (AvgIpc) is 2.61. The fourth-order valence-electron chi connectivity index (χ4n) is 3.67. The van der Waals surface area contributed by atoms with Crippen molar-refractivity contribution < 1.29 is 13.0 Å². The largest absolute Gasteiger partial charge is 0.295 e. The van der Waals surface area contributed by atoms with Crippen LogP contribution < -0.4 is 0 Å². The lowest BCUT2D eigenvalue weighted by atomic mass is 9.94. The van der Waals surface area contributed by atoms with Crippen molar-refractivity contribution in [3.8, 4) is 0 Å². The highest BCUT2D eigenvalue weighted by Gasteiger charge is 2.21. The lowest BCUT2D eigenvalue weighted by Crippen LogP contribution is -2.06. The smallest absolute Gasteiger partial charge is 0.282 e. The van der Waals surface area contributed by atoms with Crippen LogP contribution >= 0.6 is 0 Å². The lowest BCUT2D eigenvalue weighted by molar-refractivity contribution is 0.483. The molecule has 0 aliphatic rings. The summed E-state index contributed by atoms with van der Waals surface area (Å²) >= 11 is 0. The Morgan fingerprint density at radius 2 is 1.31 bits per heavy atom. The van der Waals surface area contributed by atoms with E-state index in [1.165, 1.54) is 24.8 Å². The molecule has 0 atom stereocenters. The van der Waals surface area contributed by atoms with Crippen molar-refractivity contribution in [2.45, 2.75) is 83.0 Å². The number of hydrogen-bond acceptors (Lipinski definition) is 2. The van der Waals surface area contributed by atoms with Gasteiger partial charge in [0, 0.05) is 5.39 Å². The molecular formula is C22H32O3S. The molecule has 144 valence electrons. The maximum absolute atomic E-state index is 12.1. The van der Waals surface area contributed by atoms with Crippen LogP contribution in [0, 0.1) is 0 Å². The predicted molar refractivity (Wildman–Crippen MR) is 109 cm³/mol. The maximum atomic E-state index is 12.1. The Balaban J connectivity index is 2.44. The average molecular weight is 377 g/mol. The van der Waals surface area contributed by atoms with Gasteiger partial charge in [-0.15, -0.1) is 0 Å². The molecule has 0 aliphatic carbocycles. The summed E-state index contributed by atoms with van der Waals surface area (Å²) in [6.45, 7) is 4.36. The van der Waals surface area contributed by atoms with Gasteiger partial charge in [-0.05, 0) is 42.2 Å². The normalized spacial score (nSPS) is 12.0. The third kappa shape index (κ3) is 5.55. The zero-order chi connectivity index (χ0) is 19.0.